The number of aromatic nitrogens is 4. The number of fused-ring (bicyclic) bond motifs is 3. The van der Waals surface area contributed by atoms with Crippen molar-refractivity contribution < 1.29 is 14.3 Å². The van der Waals surface area contributed by atoms with Gasteiger partial charge >= 0.3 is 0 Å². The molecule has 3 aromatic rings. The number of unbranched alkanes of at least 4 members (excludes halogenated alkanes) is 2. The quantitative estimate of drug-likeness (QED) is 0.424. The summed E-state index contributed by atoms with van der Waals surface area (Å²) in [5.74, 6) is 2.63. The molecule has 3 rings (SSSR count). The molecule has 0 amide bonds. The van der Waals surface area contributed by atoms with Gasteiger partial charge in [-0.1, -0.05) is 13.3 Å². The average molecular weight is 414 g/mol. The maximum absolute atomic E-state index is 11.6. The summed E-state index contributed by atoms with van der Waals surface area (Å²) in [6, 6.07) is 5.82. The number of rotatable bonds is 13. The van der Waals surface area contributed by atoms with Crippen LogP contribution in [0.2, 0.25) is 0 Å². The summed E-state index contributed by atoms with van der Waals surface area (Å²) in [6.45, 7) is 5.76. The van der Waals surface area contributed by atoms with Gasteiger partial charge in [-0.05, 0) is 38.3 Å². The Morgan fingerprint density at radius 1 is 1.13 bits per heavy atom. The van der Waals surface area contributed by atoms with Crippen molar-refractivity contribution in [1.29, 1.82) is 0 Å². The van der Waals surface area contributed by atoms with E-state index in [0.717, 1.165) is 54.8 Å². The van der Waals surface area contributed by atoms with Gasteiger partial charge in [0.05, 0.1) is 17.6 Å². The van der Waals surface area contributed by atoms with Gasteiger partial charge in [-0.3, -0.25) is 9.20 Å². The van der Waals surface area contributed by atoms with Gasteiger partial charge in [-0.15, -0.1) is 10.2 Å². The minimum absolute atomic E-state index is 0.367. The number of Topliss-reactive ketones (excluding diaryl/α,β-unsaturated/α-hetero) is 1. The summed E-state index contributed by atoms with van der Waals surface area (Å²) in [5.41, 5.74) is 2.46. The van der Waals surface area contributed by atoms with Crippen LogP contribution in [0.15, 0.2) is 18.2 Å². The van der Waals surface area contributed by atoms with Crippen molar-refractivity contribution in [2.24, 2.45) is 0 Å². The molecule has 1 N–H and O–H groups in total. The Morgan fingerprint density at radius 2 is 2.00 bits per heavy atom. The summed E-state index contributed by atoms with van der Waals surface area (Å²) in [7, 11) is 1.65. The van der Waals surface area contributed by atoms with E-state index < -0.39 is 0 Å². The molecule has 0 radical (unpaired) electrons. The van der Waals surface area contributed by atoms with Gasteiger partial charge in [0.2, 0.25) is 5.65 Å². The monoisotopic (exact) mass is 413 g/mol. The first kappa shape index (κ1) is 22.0. The van der Waals surface area contributed by atoms with Crippen molar-refractivity contribution in [2.45, 2.75) is 52.4 Å². The molecule has 0 bridgehead atoms. The molecule has 1 aromatic carbocycles. The Kier molecular flexibility index (Phi) is 7.96. The summed E-state index contributed by atoms with van der Waals surface area (Å²) in [5, 5.41) is 11.9. The molecule has 0 saturated heterocycles. The molecule has 0 aliphatic rings. The maximum Gasteiger partial charge on any atom is 0.204 e. The van der Waals surface area contributed by atoms with Crippen LogP contribution >= 0.6 is 0 Å². The van der Waals surface area contributed by atoms with Crippen LogP contribution in [0.25, 0.3) is 16.7 Å². The van der Waals surface area contributed by atoms with E-state index in [1.165, 1.54) is 0 Å². The van der Waals surface area contributed by atoms with Gasteiger partial charge in [0.25, 0.3) is 0 Å². The second-order valence-corrected chi connectivity index (χ2v) is 7.38. The number of nitrogens with one attached hydrogen (secondary N) is 1. The van der Waals surface area contributed by atoms with Crippen molar-refractivity contribution >= 4 is 28.3 Å². The number of anilines is 1. The van der Waals surface area contributed by atoms with Crippen molar-refractivity contribution in [3.63, 3.8) is 0 Å². The van der Waals surface area contributed by atoms with Crippen molar-refractivity contribution in [3.8, 4) is 5.75 Å². The normalized spacial score (nSPS) is 11.3. The highest BCUT2D eigenvalue weighted by molar-refractivity contribution is 5.84. The molecule has 8 heteroatoms. The molecule has 0 aliphatic carbocycles. The van der Waals surface area contributed by atoms with Gasteiger partial charge in [-0.25, -0.2) is 4.98 Å². The number of benzene rings is 1. The lowest BCUT2D eigenvalue weighted by atomic mass is 10.1. The predicted molar refractivity (Wildman–Crippen MR) is 117 cm³/mol. The van der Waals surface area contributed by atoms with Crippen LogP contribution in [0, 0.1) is 6.92 Å². The Labute approximate surface area is 177 Å². The van der Waals surface area contributed by atoms with Crippen molar-refractivity contribution in [3.05, 3.63) is 24.0 Å². The van der Waals surface area contributed by atoms with Crippen LogP contribution in [0.1, 0.15) is 51.3 Å². The molecule has 0 spiro atoms. The largest absolute Gasteiger partial charge is 0.491 e. The highest BCUT2D eigenvalue weighted by atomic mass is 16.5. The maximum atomic E-state index is 11.6. The van der Waals surface area contributed by atoms with Crippen molar-refractivity contribution in [2.75, 3.05) is 32.2 Å². The average Bonchev–Trinajstić information content (AvgIpc) is 3.13. The fourth-order valence-electron chi connectivity index (χ4n) is 3.44. The van der Waals surface area contributed by atoms with Gasteiger partial charge in [0, 0.05) is 32.6 Å². The minimum atomic E-state index is 0.367. The van der Waals surface area contributed by atoms with Gasteiger partial charge < -0.3 is 14.8 Å². The third-order valence-electron chi connectivity index (χ3n) is 4.97. The topological polar surface area (TPSA) is 90.6 Å². The molecule has 30 heavy (non-hydrogen) atoms. The van der Waals surface area contributed by atoms with E-state index in [4.69, 9.17) is 14.5 Å². The number of methoxy groups -OCH3 is 1. The standard InChI is InChI=1S/C22H31N5O3/c1-4-8-17(28)9-6-5-7-12-23-21-22-26-25-16(2)27(22)20-11-10-18(15-19(20)24-21)30-14-13-29-3/h10-11,15H,4-9,12-14H2,1-3H3,(H,23,24). The molecule has 2 aromatic heterocycles. The van der Waals surface area contributed by atoms with E-state index in [9.17, 15) is 4.79 Å². The predicted octanol–water partition coefficient (Wildman–Crippen LogP) is 3.95. The molecular formula is C22H31N5O3. The number of carbonyl (C=O) groups excluding carboxylic acids is 1. The van der Waals surface area contributed by atoms with Crippen LogP contribution in [0.5, 0.6) is 5.75 Å². The fourth-order valence-corrected chi connectivity index (χ4v) is 3.44. The first-order valence-corrected chi connectivity index (χ1v) is 10.7. The summed E-state index contributed by atoms with van der Waals surface area (Å²) >= 11 is 0. The molecule has 162 valence electrons. The van der Waals surface area contributed by atoms with Crippen LogP contribution in [-0.4, -0.2) is 52.2 Å². The van der Waals surface area contributed by atoms with E-state index in [1.54, 1.807) is 7.11 Å². The highest BCUT2D eigenvalue weighted by Gasteiger charge is 2.13. The number of ether oxygens (including phenoxy) is 2. The van der Waals surface area contributed by atoms with Crippen LogP contribution in [-0.2, 0) is 9.53 Å². The molecule has 0 atom stereocenters. The van der Waals surface area contributed by atoms with E-state index >= 15 is 0 Å². The number of hydrogen-bond acceptors (Lipinski definition) is 7. The third-order valence-corrected chi connectivity index (χ3v) is 4.97. The molecule has 0 fully saturated rings. The lowest BCUT2D eigenvalue weighted by molar-refractivity contribution is -0.119. The summed E-state index contributed by atoms with van der Waals surface area (Å²) in [4.78, 5) is 16.4. The van der Waals surface area contributed by atoms with E-state index in [2.05, 4.69) is 15.5 Å². The van der Waals surface area contributed by atoms with Crippen LogP contribution < -0.4 is 10.1 Å². The number of ketones is 1. The number of carbonyl (C=O) groups is 1. The Balaban J connectivity index is 1.69. The van der Waals surface area contributed by atoms with Gasteiger partial charge in [0.15, 0.2) is 5.82 Å². The minimum Gasteiger partial charge on any atom is -0.491 e. The van der Waals surface area contributed by atoms with Crippen LogP contribution in [0.3, 0.4) is 0 Å². The lowest BCUT2D eigenvalue weighted by Gasteiger charge is -2.11. The SMILES string of the molecule is CCCC(=O)CCCCCNc1nc2cc(OCCOC)ccc2n2c(C)nnc12. The molecule has 8 nitrogen and oxygen atoms in total. The smallest absolute Gasteiger partial charge is 0.204 e. The zero-order valence-corrected chi connectivity index (χ0v) is 18.1. The Hall–Kier alpha value is -2.74. The summed E-state index contributed by atoms with van der Waals surface area (Å²) < 4.78 is 12.8. The van der Waals surface area contributed by atoms with E-state index in [0.29, 0.717) is 43.3 Å². The molecule has 2 heterocycles. The second kappa shape index (κ2) is 10.9. The molecular weight excluding hydrogens is 382 g/mol. The number of nitrogens with zero attached hydrogens (tertiary/aromatic N) is 4. The lowest BCUT2D eigenvalue weighted by Crippen LogP contribution is -2.08. The van der Waals surface area contributed by atoms with E-state index in [-0.39, 0.29) is 0 Å². The third kappa shape index (κ3) is 5.44. The first-order valence-electron chi connectivity index (χ1n) is 10.7. The van der Waals surface area contributed by atoms with Gasteiger partial charge in [0.1, 0.15) is 24.0 Å². The Morgan fingerprint density at radius 3 is 2.80 bits per heavy atom. The van der Waals surface area contributed by atoms with Crippen LogP contribution in [0.4, 0.5) is 5.82 Å². The van der Waals surface area contributed by atoms with Gasteiger partial charge in [-0.2, -0.15) is 0 Å². The zero-order chi connectivity index (χ0) is 21.3. The first-order chi connectivity index (χ1) is 14.6. The molecule has 0 unspecified atom stereocenters. The van der Waals surface area contributed by atoms with E-state index in [1.807, 2.05) is 36.4 Å². The molecule has 0 saturated carbocycles. The fraction of sp³-hybridized carbons (Fsp3) is 0.545. The summed E-state index contributed by atoms with van der Waals surface area (Å²) in [6.07, 6.45) is 5.23. The highest BCUT2D eigenvalue weighted by Crippen LogP contribution is 2.25. The second-order valence-electron chi connectivity index (χ2n) is 7.38. The molecule has 0 aliphatic heterocycles. The number of hydrogen-bond donors (Lipinski definition) is 1. The van der Waals surface area contributed by atoms with Crippen molar-refractivity contribution in [1.82, 2.24) is 19.6 Å². The zero-order valence-electron chi connectivity index (χ0n) is 18.1. The Bertz CT molecular complexity index is 986. The number of aryl methyl sites for hydroxylation is 1.